The van der Waals surface area contributed by atoms with Crippen LogP contribution in [0.15, 0.2) is 77.8 Å². The highest BCUT2D eigenvalue weighted by atomic mass is 16.6. The highest BCUT2D eigenvalue weighted by molar-refractivity contribution is 5.98. The highest BCUT2D eigenvalue weighted by Crippen LogP contribution is 2.37. The molecule has 0 radical (unpaired) electrons. The van der Waals surface area contributed by atoms with Crippen LogP contribution in [0.4, 0.5) is 17.1 Å². The normalized spacial score (nSPS) is 10.8. The van der Waals surface area contributed by atoms with E-state index in [4.69, 9.17) is 37.3 Å². The molecule has 0 amide bonds. The van der Waals surface area contributed by atoms with Gasteiger partial charge in [-0.3, -0.25) is 10.1 Å². The van der Waals surface area contributed by atoms with Crippen molar-refractivity contribution < 1.29 is 34.5 Å². The molecule has 0 atom stereocenters. The smallest absolute Gasteiger partial charge is 0.274 e. The zero-order valence-corrected chi connectivity index (χ0v) is 34.3. The van der Waals surface area contributed by atoms with Crippen molar-refractivity contribution in [3.05, 3.63) is 99.6 Å². The van der Waals surface area contributed by atoms with Crippen LogP contribution in [0, 0.1) is 32.8 Å². The van der Waals surface area contributed by atoms with Crippen LogP contribution in [0.1, 0.15) is 58.2 Å². The third-order valence-corrected chi connectivity index (χ3v) is 6.43. The number of aliphatic imine (C=N–C) groups is 1. The number of hydrogen-bond acceptors (Lipinski definition) is 13. The fourth-order valence-corrected chi connectivity index (χ4v) is 3.86. The lowest BCUT2D eigenvalue weighted by molar-refractivity contribution is -0.385. The number of para-hydroxylation sites is 3. The largest absolute Gasteiger partial charge is 0.400 e. The van der Waals surface area contributed by atoms with Crippen molar-refractivity contribution in [3.63, 3.8) is 0 Å². The Morgan fingerprint density at radius 3 is 1.40 bits per heavy atom. The average molecular weight is 745 g/mol. The molecule has 298 valence electrons. The van der Waals surface area contributed by atoms with Gasteiger partial charge >= 0.3 is 0 Å². The van der Waals surface area contributed by atoms with Crippen LogP contribution in [0.25, 0.3) is 0 Å². The van der Waals surface area contributed by atoms with Gasteiger partial charge in [-0.1, -0.05) is 54.6 Å². The number of benzene rings is 3. The van der Waals surface area contributed by atoms with Gasteiger partial charge in [0.1, 0.15) is 5.84 Å². The number of fused-ring (bicyclic) bond motifs is 1. The number of nitrogen functional groups attached to an aromatic ring is 1. The SMILES string of the molecule is CC(C)(C#N)c1ccccc1N.CC(C)(C#N)c1ccccc1[N+](=O)[O-].CC1(C)C(N)=Nc2ccccc21.CO.CO.CO.COC.COC.COC. The molecular formula is C39H64N6O8. The Bertz CT molecular complexity index is 1490. The summed E-state index contributed by atoms with van der Waals surface area (Å²) in [7, 11) is 12.8. The van der Waals surface area contributed by atoms with Crippen LogP contribution in [0.2, 0.25) is 0 Å². The van der Waals surface area contributed by atoms with Crippen molar-refractivity contribution >= 4 is 22.9 Å². The van der Waals surface area contributed by atoms with E-state index in [1.54, 1.807) is 74.7 Å². The van der Waals surface area contributed by atoms with E-state index in [1.165, 1.54) is 11.6 Å². The molecular weight excluding hydrogens is 680 g/mol. The van der Waals surface area contributed by atoms with Gasteiger partial charge in [-0.15, -0.1) is 0 Å². The molecule has 0 saturated carbocycles. The van der Waals surface area contributed by atoms with E-state index in [0.29, 0.717) is 17.1 Å². The number of aliphatic hydroxyl groups excluding tert-OH is 3. The average Bonchev–Trinajstić information content (AvgIpc) is 3.39. The Hall–Kier alpha value is -4.93. The van der Waals surface area contributed by atoms with Crippen molar-refractivity contribution in [2.24, 2.45) is 10.7 Å². The van der Waals surface area contributed by atoms with E-state index in [2.05, 4.69) is 45.2 Å². The maximum absolute atomic E-state index is 10.7. The van der Waals surface area contributed by atoms with E-state index in [1.807, 2.05) is 62.4 Å². The van der Waals surface area contributed by atoms with E-state index in [-0.39, 0.29) is 11.1 Å². The van der Waals surface area contributed by atoms with E-state index < -0.39 is 15.8 Å². The molecule has 0 fully saturated rings. The molecule has 0 unspecified atom stereocenters. The van der Waals surface area contributed by atoms with Crippen molar-refractivity contribution in [1.82, 2.24) is 0 Å². The third kappa shape index (κ3) is 21.9. The Morgan fingerprint density at radius 1 is 0.679 bits per heavy atom. The zero-order valence-electron chi connectivity index (χ0n) is 34.3. The molecule has 14 heteroatoms. The Balaban J connectivity index is -0.000000184. The maximum atomic E-state index is 10.7. The predicted octanol–water partition coefficient (Wildman–Crippen LogP) is 6.05. The number of nitrogens with two attached hydrogens (primary N) is 2. The second kappa shape index (κ2) is 32.9. The molecule has 1 aliphatic heterocycles. The van der Waals surface area contributed by atoms with Gasteiger partial charge in [-0.2, -0.15) is 10.5 Å². The number of methoxy groups -OCH3 is 3. The molecule has 53 heavy (non-hydrogen) atoms. The molecule has 0 aromatic heterocycles. The number of nitro groups is 1. The first kappa shape index (κ1) is 57.4. The molecule has 1 aliphatic rings. The number of anilines is 1. The number of nitrogens with zero attached hydrogens (tertiary/aromatic N) is 4. The highest BCUT2D eigenvalue weighted by Gasteiger charge is 2.32. The second-order valence-electron chi connectivity index (χ2n) is 11.7. The van der Waals surface area contributed by atoms with Gasteiger partial charge in [0.05, 0.1) is 33.6 Å². The van der Waals surface area contributed by atoms with Crippen molar-refractivity contribution in [1.29, 1.82) is 10.5 Å². The quantitative estimate of drug-likeness (QED) is 0.117. The summed E-state index contributed by atoms with van der Waals surface area (Å²) in [5.74, 6) is 0.712. The number of nitriles is 2. The molecule has 3 aromatic carbocycles. The fourth-order valence-electron chi connectivity index (χ4n) is 3.86. The molecule has 0 spiro atoms. The molecule has 3 aromatic rings. The van der Waals surface area contributed by atoms with E-state index in [9.17, 15) is 10.1 Å². The van der Waals surface area contributed by atoms with Gasteiger partial charge in [-0.05, 0) is 64.8 Å². The third-order valence-electron chi connectivity index (χ3n) is 6.43. The first-order chi connectivity index (χ1) is 24.9. The van der Waals surface area contributed by atoms with Crippen molar-refractivity contribution in [2.75, 3.05) is 69.7 Å². The first-order valence-electron chi connectivity index (χ1n) is 15.8. The maximum Gasteiger partial charge on any atom is 0.274 e. The predicted molar refractivity (Wildman–Crippen MR) is 215 cm³/mol. The molecule has 0 bridgehead atoms. The Morgan fingerprint density at radius 2 is 1.02 bits per heavy atom. The van der Waals surface area contributed by atoms with Crippen LogP contribution < -0.4 is 11.5 Å². The number of nitro benzene ring substituents is 1. The minimum Gasteiger partial charge on any atom is -0.400 e. The number of amidine groups is 1. The summed E-state index contributed by atoms with van der Waals surface area (Å²) < 4.78 is 12.8. The van der Waals surface area contributed by atoms with Crippen LogP contribution in [-0.4, -0.2) is 90.1 Å². The molecule has 7 N–H and O–H groups in total. The molecule has 0 aliphatic carbocycles. The summed E-state index contributed by atoms with van der Waals surface area (Å²) in [5, 5.41) is 49.4. The summed E-state index contributed by atoms with van der Waals surface area (Å²) in [5.41, 5.74) is 14.4. The number of hydrogen-bond donors (Lipinski definition) is 5. The topological polar surface area (TPSA) is 243 Å². The molecule has 1 heterocycles. The molecule has 14 nitrogen and oxygen atoms in total. The van der Waals surface area contributed by atoms with E-state index >= 15 is 0 Å². The summed E-state index contributed by atoms with van der Waals surface area (Å²) in [4.78, 5) is 14.5. The lowest BCUT2D eigenvalue weighted by Crippen LogP contribution is -2.32. The molecule has 4 rings (SSSR count). The van der Waals surface area contributed by atoms with Crippen molar-refractivity contribution in [3.8, 4) is 12.1 Å². The van der Waals surface area contributed by atoms with Gasteiger partial charge in [-0.25, -0.2) is 4.99 Å². The number of ether oxygens (including phenoxy) is 3. The lowest BCUT2D eigenvalue weighted by Gasteiger charge is -2.18. The monoisotopic (exact) mass is 744 g/mol. The Kier molecular flexibility index (Phi) is 35.7. The Labute approximate surface area is 317 Å². The lowest BCUT2D eigenvalue weighted by atomic mass is 9.85. The van der Waals surface area contributed by atoms with Crippen LogP contribution in [0.5, 0.6) is 0 Å². The summed E-state index contributed by atoms with van der Waals surface area (Å²) in [6.45, 7) is 11.2. The van der Waals surface area contributed by atoms with Gasteiger partial charge in [0.15, 0.2) is 0 Å². The zero-order chi connectivity index (χ0) is 42.8. The summed E-state index contributed by atoms with van der Waals surface area (Å²) in [6.07, 6.45) is 0. The van der Waals surface area contributed by atoms with Crippen LogP contribution in [0.3, 0.4) is 0 Å². The fraction of sp³-hybridized carbons (Fsp3) is 0.462. The molecule has 0 saturated heterocycles. The van der Waals surface area contributed by atoms with Gasteiger partial charge < -0.3 is 41.0 Å². The standard InChI is InChI=1S/C10H10N2O2.2C10H12N2.3C2H6O.3CH4O/c1-10(2,7-11)8-5-3-4-6-9(8)12(13)14;1-10(2)7-5-3-4-6-8(7)12-9(10)11;1-10(2,7-11)8-5-3-4-6-9(8)12;3*1-3-2;3*1-2/h3-6H,1-2H3;3-6H,1-2H3,(H2,11,12);3-6H,12H2,1-2H3;3*1-2H3;3*2H,1H3. The van der Waals surface area contributed by atoms with Gasteiger partial charge in [0.2, 0.25) is 0 Å². The minimum atomic E-state index is -0.830. The first-order valence-corrected chi connectivity index (χ1v) is 15.8. The summed E-state index contributed by atoms with van der Waals surface area (Å²) >= 11 is 0. The summed E-state index contributed by atoms with van der Waals surface area (Å²) in [6, 6.07) is 26.1. The van der Waals surface area contributed by atoms with Crippen LogP contribution in [-0.2, 0) is 30.5 Å². The van der Waals surface area contributed by atoms with Gasteiger partial charge in [0.25, 0.3) is 5.69 Å². The second-order valence-corrected chi connectivity index (χ2v) is 11.7. The number of aliphatic hydroxyl groups is 3. The van der Waals surface area contributed by atoms with Gasteiger partial charge in [0, 0.05) is 86.7 Å². The number of rotatable bonds is 3. The van der Waals surface area contributed by atoms with E-state index in [0.717, 1.165) is 32.6 Å². The van der Waals surface area contributed by atoms with Crippen LogP contribution >= 0.6 is 0 Å². The van der Waals surface area contributed by atoms with Crippen molar-refractivity contribution in [2.45, 2.75) is 57.8 Å². The minimum absolute atomic E-state index is 0.000880.